The summed E-state index contributed by atoms with van der Waals surface area (Å²) in [7, 11) is -3.57. The SMILES string of the molecule is CCc1ccc2nc(N(CCCN3CCOCC3)C(=O)c3ccc(S(=O)(=O)N4CCCCCC4)cc3)sc2c1. The molecule has 0 N–H and O–H groups in total. The Morgan fingerprint density at radius 3 is 2.41 bits per heavy atom. The molecule has 2 aromatic carbocycles. The predicted molar refractivity (Wildman–Crippen MR) is 156 cm³/mol. The van der Waals surface area contributed by atoms with Crippen LogP contribution in [0.4, 0.5) is 5.13 Å². The first-order chi connectivity index (χ1) is 19.0. The van der Waals surface area contributed by atoms with E-state index in [0.717, 1.165) is 81.6 Å². The van der Waals surface area contributed by atoms with Crippen LogP contribution in [0.3, 0.4) is 0 Å². The van der Waals surface area contributed by atoms with Crippen molar-refractivity contribution < 1.29 is 17.9 Å². The van der Waals surface area contributed by atoms with E-state index in [-0.39, 0.29) is 10.8 Å². The highest BCUT2D eigenvalue weighted by Crippen LogP contribution is 2.31. The second-order valence-electron chi connectivity index (χ2n) is 10.3. The Labute approximate surface area is 235 Å². The summed E-state index contributed by atoms with van der Waals surface area (Å²) < 4.78 is 34.6. The first kappa shape index (κ1) is 28.2. The normalized spacial score (nSPS) is 17.8. The maximum atomic E-state index is 13.8. The van der Waals surface area contributed by atoms with Crippen molar-refractivity contribution in [2.24, 2.45) is 0 Å². The number of aryl methyl sites for hydroxylation is 1. The van der Waals surface area contributed by atoms with E-state index < -0.39 is 10.0 Å². The minimum absolute atomic E-state index is 0.162. The van der Waals surface area contributed by atoms with Crippen LogP contribution in [0.5, 0.6) is 0 Å². The van der Waals surface area contributed by atoms with Gasteiger partial charge in [0.05, 0.1) is 28.3 Å². The summed E-state index contributed by atoms with van der Waals surface area (Å²) >= 11 is 1.53. The van der Waals surface area contributed by atoms with Crippen molar-refractivity contribution in [2.45, 2.75) is 50.3 Å². The van der Waals surface area contributed by atoms with Gasteiger partial charge in [0.1, 0.15) is 0 Å². The summed E-state index contributed by atoms with van der Waals surface area (Å²) in [6.45, 7) is 7.94. The van der Waals surface area contributed by atoms with Gasteiger partial charge in [0.15, 0.2) is 5.13 Å². The Bertz CT molecular complexity index is 1360. The molecule has 2 fully saturated rings. The van der Waals surface area contributed by atoms with E-state index >= 15 is 0 Å². The van der Waals surface area contributed by atoms with Crippen LogP contribution in [-0.4, -0.2) is 81.0 Å². The molecule has 3 aromatic rings. The Morgan fingerprint density at radius 2 is 1.72 bits per heavy atom. The third-order valence-corrected chi connectivity index (χ3v) is 10.5. The van der Waals surface area contributed by atoms with Crippen molar-refractivity contribution >= 4 is 42.6 Å². The monoisotopic (exact) mass is 570 g/mol. The van der Waals surface area contributed by atoms with Crippen molar-refractivity contribution in [1.82, 2.24) is 14.2 Å². The van der Waals surface area contributed by atoms with Crippen LogP contribution in [0.2, 0.25) is 0 Å². The first-order valence-electron chi connectivity index (χ1n) is 14.1. The molecule has 2 aliphatic heterocycles. The number of thiazole rings is 1. The van der Waals surface area contributed by atoms with Gasteiger partial charge in [-0.25, -0.2) is 13.4 Å². The van der Waals surface area contributed by atoms with Gasteiger partial charge in [-0.15, -0.1) is 0 Å². The van der Waals surface area contributed by atoms with Crippen LogP contribution in [0, 0.1) is 0 Å². The van der Waals surface area contributed by atoms with Crippen LogP contribution in [0.15, 0.2) is 47.4 Å². The molecule has 1 aromatic heterocycles. The number of nitrogens with zero attached hydrogens (tertiary/aromatic N) is 4. The number of morpholine rings is 1. The average molecular weight is 571 g/mol. The van der Waals surface area contributed by atoms with Crippen molar-refractivity contribution in [3.05, 3.63) is 53.6 Å². The lowest BCUT2D eigenvalue weighted by atomic mass is 10.2. The molecule has 8 nitrogen and oxygen atoms in total. The molecule has 5 rings (SSSR count). The Hall–Kier alpha value is -2.37. The largest absolute Gasteiger partial charge is 0.379 e. The number of hydrogen-bond donors (Lipinski definition) is 0. The molecule has 2 saturated heterocycles. The quantitative estimate of drug-likeness (QED) is 0.368. The summed E-state index contributed by atoms with van der Waals surface area (Å²) in [5, 5.41) is 0.673. The molecule has 0 bridgehead atoms. The van der Waals surface area contributed by atoms with Gasteiger partial charge in [0.25, 0.3) is 5.91 Å². The summed E-state index contributed by atoms with van der Waals surface area (Å²) in [4.78, 5) is 23.0. The zero-order valence-electron chi connectivity index (χ0n) is 22.7. The summed E-state index contributed by atoms with van der Waals surface area (Å²) in [6.07, 6.45) is 5.65. The predicted octanol–water partition coefficient (Wildman–Crippen LogP) is 4.79. The Balaban J connectivity index is 1.37. The van der Waals surface area contributed by atoms with E-state index in [1.165, 1.54) is 16.9 Å². The molecule has 0 saturated carbocycles. The van der Waals surface area contributed by atoms with Crippen LogP contribution < -0.4 is 4.90 Å². The van der Waals surface area contributed by atoms with Gasteiger partial charge in [0.2, 0.25) is 10.0 Å². The molecule has 2 aliphatic rings. The van der Waals surface area contributed by atoms with Gasteiger partial charge in [-0.05, 0) is 67.6 Å². The lowest BCUT2D eigenvalue weighted by Gasteiger charge is -2.27. The molecule has 0 atom stereocenters. The second kappa shape index (κ2) is 12.9. The maximum absolute atomic E-state index is 13.8. The highest BCUT2D eigenvalue weighted by Gasteiger charge is 2.27. The van der Waals surface area contributed by atoms with Crippen LogP contribution in [0.25, 0.3) is 10.2 Å². The number of fused-ring (bicyclic) bond motifs is 1. The molecule has 10 heteroatoms. The number of benzene rings is 2. The smallest absolute Gasteiger partial charge is 0.260 e. The van der Waals surface area contributed by atoms with Crippen molar-refractivity contribution in [2.75, 3.05) is 57.4 Å². The molecule has 39 heavy (non-hydrogen) atoms. The molecule has 0 radical (unpaired) electrons. The van der Waals surface area contributed by atoms with Crippen molar-refractivity contribution in [1.29, 1.82) is 0 Å². The lowest BCUT2D eigenvalue weighted by Crippen LogP contribution is -2.39. The van der Waals surface area contributed by atoms with Crippen LogP contribution in [0.1, 0.15) is 54.9 Å². The van der Waals surface area contributed by atoms with Crippen molar-refractivity contribution in [3.8, 4) is 0 Å². The number of anilines is 1. The zero-order valence-corrected chi connectivity index (χ0v) is 24.3. The van der Waals surface area contributed by atoms with Gasteiger partial charge >= 0.3 is 0 Å². The van der Waals surface area contributed by atoms with Crippen molar-refractivity contribution in [3.63, 3.8) is 0 Å². The minimum atomic E-state index is -3.57. The topological polar surface area (TPSA) is 83.0 Å². The van der Waals surface area contributed by atoms with E-state index in [1.54, 1.807) is 33.5 Å². The van der Waals surface area contributed by atoms with Crippen LogP contribution in [-0.2, 0) is 21.2 Å². The first-order valence-corrected chi connectivity index (χ1v) is 16.3. The van der Waals surface area contributed by atoms with E-state index in [1.807, 2.05) is 6.07 Å². The number of carbonyl (C=O) groups excluding carboxylic acids is 1. The number of hydrogen-bond acceptors (Lipinski definition) is 7. The number of ether oxygens (including phenoxy) is 1. The molecule has 210 valence electrons. The van der Waals surface area contributed by atoms with Gasteiger partial charge < -0.3 is 4.74 Å². The minimum Gasteiger partial charge on any atom is -0.379 e. The lowest BCUT2D eigenvalue weighted by molar-refractivity contribution is 0.0376. The number of rotatable bonds is 9. The third kappa shape index (κ3) is 6.69. The van der Waals surface area contributed by atoms with Gasteiger partial charge in [0, 0.05) is 44.8 Å². The van der Waals surface area contributed by atoms with E-state index in [4.69, 9.17) is 9.72 Å². The van der Waals surface area contributed by atoms with E-state index in [0.29, 0.717) is 30.3 Å². The third-order valence-electron chi connectivity index (χ3n) is 7.59. The number of sulfonamides is 1. The summed E-state index contributed by atoms with van der Waals surface area (Å²) in [5.74, 6) is -0.162. The molecule has 3 heterocycles. The highest BCUT2D eigenvalue weighted by molar-refractivity contribution is 7.89. The van der Waals surface area contributed by atoms with Crippen LogP contribution >= 0.6 is 11.3 Å². The number of carbonyl (C=O) groups is 1. The second-order valence-corrected chi connectivity index (χ2v) is 13.2. The fourth-order valence-corrected chi connectivity index (χ4v) is 7.78. The molecule has 0 aliphatic carbocycles. The zero-order chi connectivity index (χ0) is 27.2. The van der Waals surface area contributed by atoms with Gasteiger partial charge in [-0.2, -0.15) is 4.31 Å². The fourth-order valence-electron chi connectivity index (χ4n) is 5.21. The number of amides is 1. The fraction of sp³-hybridized carbons (Fsp3) is 0.517. The summed E-state index contributed by atoms with van der Waals surface area (Å²) in [5.41, 5.74) is 2.59. The Morgan fingerprint density at radius 1 is 1.00 bits per heavy atom. The molecule has 0 spiro atoms. The molecular formula is C29H38N4O4S2. The average Bonchev–Trinajstić information content (AvgIpc) is 3.18. The summed E-state index contributed by atoms with van der Waals surface area (Å²) in [6, 6.07) is 12.7. The maximum Gasteiger partial charge on any atom is 0.260 e. The standard InChI is InChI=1S/C29H38N4O4S2/c1-2-23-8-13-26-27(22-23)38-29(30-26)33(17-7-14-31-18-20-37-21-19-31)28(34)24-9-11-25(12-10-24)39(35,36)32-15-5-3-4-6-16-32/h8-13,22H,2-7,14-21H2,1H3. The molecule has 0 unspecified atom stereocenters. The van der Waals surface area contributed by atoms with Gasteiger partial charge in [-0.3, -0.25) is 14.6 Å². The Kier molecular flexibility index (Phi) is 9.29. The van der Waals surface area contributed by atoms with E-state index in [2.05, 4.69) is 24.0 Å². The number of aromatic nitrogens is 1. The molecule has 1 amide bonds. The van der Waals surface area contributed by atoms with E-state index in [9.17, 15) is 13.2 Å². The highest BCUT2D eigenvalue weighted by atomic mass is 32.2. The van der Waals surface area contributed by atoms with Gasteiger partial charge in [-0.1, -0.05) is 37.2 Å². The molecular weight excluding hydrogens is 532 g/mol.